The van der Waals surface area contributed by atoms with Crippen LogP contribution in [0.4, 0.5) is 5.69 Å². The smallest absolute Gasteiger partial charge is 0.335 e. The molecule has 0 aliphatic carbocycles. The summed E-state index contributed by atoms with van der Waals surface area (Å²) in [5.74, 6) is -0.695. The van der Waals surface area contributed by atoms with Crippen LogP contribution in [-0.4, -0.2) is 30.7 Å². The van der Waals surface area contributed by atoms with Crippen molar-refractivity contribution in [2.75, 3.05) is 19.0 Å². The lowest BCUT2D eigenvalue weighted by Crippen LogP contribution is -2.20. The number of primary amides is 1. The van der Waals surface area contributed by atoms with Gasteiger partial charge in [0, 0.05) is 17.1 Å². The van der Waals surface area contributed by atoms with Crippen LogP contribution in [0.15, 0.2) is 36.4 Å². The quantitative estimate of drug-likeness (QED) is 0.663. The molecule has 0 unspecified atom stereocenters. The number of halogens is 1. The maximum Gasteiger partial charge on any atom is 0.335 e. The number of nitrogens with two attached hydrogens (primary N) is 1. The molecule has 0 bridgehead atoms. The lowest BCUT2D eigenvalue weighted by molar-refractivity contribution is -0.119. The zero-order chi connectivity index (χ0) is 18.4. The van der Waals surface area contributed by atoms with Crippen molar-refractivity contribution in [2.45, 2.75) is 6.54 Å². The average Bonchev–Trinajstić information content (AvgIpc) is 2.58. The fourth-order valence-electron chi connectivity index (χ4n) is 2.15. The molecule has 2 rings (SSSR count). The molecular formula is C17H17ClN2O5. The lowest BCUT2D eigenvalue weighted by atomic mass is 10.1. The number of hydrogen-bond donors (Lipinski definition) is 3. The van der Waals surface area contributed by atoms with Gasteiger partial charge < -0.3 is 25.6 Å². The van der Waals surface area contributed by atoms with Crippen LogP contribution in [0.2, 0.25) is 5.02 Å². The Balaban J connectivity index is 2.23. The van der Waals surface area contributed by atoms with E-state index in [1.54, 1.807) is 24.3 Å². The van der Waals surface area contributed by atoms with Crippen molar-refractivity contribution >= 4 is 29.2 Å². The number of hydrogen-bond acceptors (Lipinski definition) is 5. The van der Waals surface area contributed by atoms with Gasteiger partial charge in [-0.2, -0.15) is 0 Å². The van der Waals surface area contributed by atoms with Crippen molar-refractivity contribution in [1.82, 2.24) is 0 Å². The van der Waals surface area contributed by atoms with Crippen LogP contribution < -0.4 is 20.5 Å². The number of amides is 1. The fraction of sp³-hybridized carbons (Fsp3) is 0.176. The van der Waals surface area contributed by atoms with Gasteiger partial charge in [-0.3, -0.25) is 4.79 Å². The maximum atomic E-state index is 11.1. The summed E-state index contributed by atoms with van der Waals surface area (Å²) in [5.41, 5.74) is 6.40. The number of ether oxygens (including phenoxy) is 2. The number of rotatable bonds is 8. The van der Waals surface area contributed by atoms with E-state index in [-0.39, 0.29) is 18.7 Å². The molecule has 7 nitrogen and oxygen atoms in total. The molecule has 0 atom stereocenters. The molecule has 2 aromatic rings. The number of anilines is 1. The molecule has 0 spiro atoms. The minimum absolute atomic E-state index is 0.125. The van der Waals surface area contributed by atoms with Crippen LogP contribution in [-0.2, 0) is 11.3 Å². The minimum atomic E-state index is -1.04. The molecule has 0 heterocycles. The molecule has 1 amide bonds. The van der Waals surface area contributed by atoms with Crippen LogP contribution in [0.5, 0.6) is 11.5 Å². The van der Waals surface area contributed by atoms with Crippen molar-refractivity contribution in [3.63, 3.8) is 0 Å². The fourth-order valence-corrected chi connectivity index (χ4v) is 2.34. The number of methoxy groups -OCH3 is 1. The van der Waals surface area contributed by atoms with E-state index < -0.39 is 11.9 Å². The van der Waals surface area contributed by atoms with Crippen LogP contribution in [0.3, 0.4) is 0 Å². The summed E-state index contributed by atoms with van der Waals surface area (Å²) in [4.78, 5) is 22.0. The molecule has 0 fully saturated rings. The highest BCUT2D eigenvalue weighted by Gasteiger charge is 2.11. The second-order valence-electron chi connectivity index (χ2n) is 5.08. The number of carboxylic acids is 1. The van der Waals surface area contributed by atoms with Gasteiger partial charge in [0.15, 0.2) is 6.61 Å². The van der Waals surface area contributed by atoms with Gasteiger partial charge in [0.2, 0.25) is 0 Å². The Kier molecular flexibility index (Phi) is 6.08. The van der Waals surface area contributed by atoms with Gasteiger partial charge in [-0.25, -0.2) is 4.79 Å². The normalized spacial score (nSPS) is 10.2. The minimum Gasteiger partial charge on any atom is -0.495 e. The largest absolute Gasteiger partial charge is 0.495 e. The highest BCUT2D eigenvalue weighted by molar-refractivity contribution is 6.30. The van der Waals surface area contributed by atoms with Crippen molar-refractivity contribution in [2.24, 2.45) is 5.73 Å². The first kappa shape index (κ1) is 18.4. The Bertz CT molecular complexity index is 795. The van der Waals surface area contributed by atoms with E-state index in [0.717, 1.165) is 0 Å². The Labute approximate surface area is 149 Å². The topological polar surface area (TPSA) is 111 Å². The summed E-state index contributed by atoms with van der Waals surface area (Å²) in [5, 5.41) is 12.7. The first-order chi connectivity index (χ1) is 11.9. The molecule has 0 saturated carbocycles. The molecule has 132 valence electrons. The van der Waals surface area contributed by atoms with Gasteiger partial charge in [-0.1, -0.05) is 11.6 Å². The average molecular weight is 365 g/mol. The number of carbonyl (C=O) groups excluding carboxylic acids is 1. The van der Waals surface area contributed by atoms with Crippen LogP contribution in [0.1, 0.15) is 15.9 Å². The van der Waals surface area contributed by atoms with Gasteiger partial charge in [0.25, 0.3) is 5.91 Å². The van der Waals surface area contributed by atoms with Crippen LogP contribution in [0.25, 0.3) is 0 Å². The first-order valence-electron chi connectivity index (χ1n) is 7.25. The summed E-state index contributed by atoms with van der Waals surface area (Å²) in [6.45, 7) is 0.0144. The molecule has 4 N–H and O–H groups in total. The van der Waals surface area contributed by atoms with Gasteiger partial charge in [0.1, 0.15) is 11.5 Å². The third-order valence-electron chi connectivity index (χ3n) is 3.31. The Morgan fingerprint density at radius 1 is 1.20 bits per heavy atom. The standard InChI is InChI=1S/C17H17ClN2O5/c1-24-15-4-2-10(17(22)23)7-13(15)20-8-11-6-12(18)3-5-14(11)25-9-16(19)21/h2-7,20H,8-9H2,1H3,(H2,19,21)(H,22,23). The number of benzene rings is 2. The summed E-state index contributed by atoms with van der Waals surface area (Å²) in [7, 11) is 1.49. The van der Waals surface area contributed by atoms with E-state index in [0.29, 0.717) is 27.8 Å². The summed E-state index contributed by atoms with van der Waals surface area (Å²) in [6.07, 6.45) is 0. The molecule has 0 aliphatic heterocycles. The summed E-state index contributed by atoms with van der Waals surface area (Å²) in [6, 6.07) is 9.43. The predicted octanol–water partition coefficient (Wildman–Crippen LogP) is 2.52. The van der Waals surface area contributed by atoms with Crippen molar-refractivity contribution in [3.8, 4) is 11.5 Å². The number of carboxylic acid groups (broad SMARTS) is 1. The molecule has 0 aliphatic rings. The second kappa shape index (κ2) is 8.25. The van der Waals surface area contributed by atoms with Gasteiger partial charge in [0.05, 0.1) is 18.4 Å². The summed E-state index contributed by atoms with van der Waals surface area (Å²) >= 11 is 6.01. The molecule has 0 saturated heterocycles. The third kappa shape index (κ3) is 5.02. The zero-order valence-corrected chi connectivity index (χ0v) is 14.2. The highest BCUT2D eigenvalue weighted by Crippen LogP contribution is 2.28. The van der Waals surface area contributed by atoms with Gasteiger partial charge >= 0.3 is 5.97 Å². The van der Waals surface area contributed by atoms with Gasteiger partial charge in [-0.15, -0.1) is 0 Å². The molecule has 2 aromatic carbocycles. The number of carbonyl (C=O) groups is 2. The third-order valence-corrected chi connectivity index (χ3v) is 3.54. The Morgan fingerprint density at radius 2 is 1.92 bits per heavy atom. The van der Waals surface area contributed by atoms with E-state index in [4.69, 9.17) is 31.9 Å². The van der Waals surface area contributed by atoms with Gasteiger partial charge in [-0.05, 0) is 36.4 Å². The molecule has 25 heavy (non-hydrogen) atoms. The SMILES string of the molecule is COc1ccc(C(=O)O)cc1NCc1cc(Cl)ccc1OCC(N)=O. The Morgan fingerprint density at radius 3 is 2.56 bits per heavy atom. The molecular weight excluding hydrogens is 348 g/mol. The zero-order valence-electron chi connectivity index (χ0n) is 13.4. The van der Waals surface area contributed by atoms with E-state index in [1.807, 2.05) is 0 Å². The number of nitrogens with one attached hydrogen (secondary N) is 1. The van der Waals surface area contributed by atoms with E-state index in [9.17, 15) is 9.59 Å². The molecule has 8 heteroatoms. The van der Waals surface area contributed by atoms with E-state index in [1.165, 1.54) is 19.2 Å². The van der Waals surface area contributed by atoms with E-state index >= 15 is 0 Å². The molecule has 0 radical (unpaired) electrons. The Hall–Kier alpha value is -2.93. The number of aromatic carboxylic acids is 1. The first-order valence-corrected chi connectivity index (χ1v) is 7.63. The monoisotopic (exact) mass is 364 g/mol. The predicted molar refractivity (Wildman–Crippen MR) is 93.4 cm³/mol. The van der Waals surface area contributed by atoms with Crippen LogP contribution >= 0.6 is 11.6 Å². The van der Waals surface area contributed by atoms with Crippen LogP contribution in [0, 0.1) is 0 Å². The van der Waals surface area contributed by atoms with Crippen molar-refractivity contribution in [3.05, 3.63) is 52.5 Å². The highest BCUT2D eigenvalue weighted by atomic mass is 35.5. The second-order valence-corrected chi connectivity index (χ2v) is 5.52. The summed E-state index contributed by atoms with van der Waals surface area (Å²) < 4.78 is 10.6. The van der Waals surface area contributed by atoms with E-state index in [2.05, 4.69) is 5.32 Å². The lowest BCUT2D eigenvalue weighted by Gasteiger charge is -2.15. The van der Waals surface area contributed by atoms with Crippen molar-refractivity contribution in [1.29, 1.82) is 0 Å². The molecule has 0 aromatic heterocycles. The maximum absolute atomic E-state index is 11.1. The van der Waals surface area contributed by atoms with Crippen molar-refractivity contribution < 1.29 is 24.2 Å².